The Kier molecular flexibility index (Phi) is 6.33. The molecule has 106 valence electrons. The van der Waals surface area contributed by atoms with Crippen LogP contribution in [0.25, 0.3) is 0 Å². The van der Waals surface area contributed by atoms with E-state index < -0.39 is 11.8 Å². The number of anilines is 1. The number of halogens is 1. The van der Waals surface area contributed by atoms with Crippen molar-refractivity contribution in [2.45, 2.75) is 45.6 Å². The lowest BCUT2D eigenvalue weighted by Crippen LogP contribution is -2.18. The number of nitrogens with one attached hydrogen (secondary N) is 1. The highest BCUT2D eigenvalue weighted by Crippen LogP contribution is 2.18. The average molecular weight is 267 g/mol. The zero-order valence-electron chi connectivity index (χ0n) is 11.8. The van der Waals surface area contributed by atoms with Gasteiger partial charge in [-0.2, -0.15) is 0 Å². The number of rotatable bonds is 7. The monoisotopic (exact) mass is 267 g/mol. The second-order valence-electron chi connectivity index (χ2n) is 4.58. The third-order valence-corrected chi connectivity index (χ3v) is 3.14. The predicted molar refractivity (Wildman–Crippen MR) is 75.0 cm³/mol. The average Bonchev–Trinajstić information content (AvgIpc) is 2.44. The first kappa shape index (κ1) is 15.5. The van der Waals surface area contributed by atoms with E-state index in [-0.39, 0.29) is 5.56 Å². The minimum atomic E-state index is -0.650. The van der Waals surface area contributed by atoms with Crippen molar-refractivity contribution in [2.75, 3.05) is 12.4 Å². The summed E-state index contributed by atoms with van der Waals surface area (Å²) in [5.74, 6) is -1.21. The molecule has 0 aliphatic heterocycles. The molecule has 1 aromatic rings. The lowest BCUT2D eigenvalue weighted by Gasteiger charge is -2.18. The van der Waals surface area contributed by atoms with E-state index in [1.807, 2.05) is 0 Å². The Morgan fingerprint density at radius 2 is 2.16 bits per heavy atom. The lowest BCUT2D eigenvalue weighted by molar-refractivity contribution is 0.0595. The first-order valence-corrected chi connectivity index (χ1v) is 6.76. The normalized spacial score (nSPS) is 12.0. The summed E-state index contributed by atoms with van der Waals surface area (Å²) in [4.78, 5) is 11.4. The Labute approximate surface area is 114 Å². The summed E-state index contributed by atoms with van der Waals surface area (Å²) in [6, 6.07) is 4.80. The number of ether oxygens (including phenoxy) is 1. The van der Waals surface area contributed by atoms with Gasteiger partial charge in [-0.3, -0.25) is 0 Å². The van der Waals surface area contributed by atoms with Gasteiger partial charge in [-0.05, 0) is 31.0 Å². The van der Waals surface area contributed by atoms with Gasteiger partial charge in [-0.15, -0.1) is 0 Å². The van der Waals surface area contributed by atoms with Gasteiger partial charge in [0.2, 0.25) is 0 Å². The van der Waals surface area contributed by atoms with Crippen molar-refractivity contribution in [3.8, 4) is 0 Å². The molecule has 0 spiro atoms. The lowest BCUT2D eigenvalue weighted by atomic mass is 10.1. The SMILES string of the molecule is CCCCC(CC)Nc1ccc(F)c(C(=O)OC)c1. The van der Waals surface area contributed by atoms with E-state index in [4.69, 9.17) is 0 Å². The molecule has 1 unspecified atom stereocenters. The number of benzene rings is 1. The first-order chi connectivity index (χ1) is 9.12. The molecule has 0 bridgehead atoms. The number of carbonyl (C=O) groups excluding carboxylic acids is 1. The Morgan fingerprint density at radius 3 is 2.74 bits per heavy atom. The minimum absolute atomic E-state index is 0.0298. The smallest absolute Gasteiger partial charge is 0.340 e. The van der Waals surface area contributed by atoms with E-state index in [0.717, 1.165) is 31.4 Å². The van der Waals surface area contributed by atoms with Gasteiger partial charge in [0.05, 0.1) is 12.7 Å². The van der Waals surface area contributed by atoms with Crippen LogP contribution in [0.5, 0.6) is 0 Å². The maximum atomic E-state index is 13.5. The fraction of sp³-hybridized carbons (Fsp3) is 0.533. The van der Waals surface area contributed by atoms with Crippen molar-refractivity contribution in [2.24, 2.45) is 0 Å². The molecule has 0 heterocycles. The highest BCUT2D eigenvalue weighted by atomic mass is 19.1. The summed E-state index contributed by atoms with van der Waals surface area (Å²) in [6.07, 6.45) is 4.36. The Hall–Kier alpha value is -1.58. The number of hydrogen-bond donors (Lipinski definition) is 1. The van der Waals surface area contributed by atoms with E-state index in [0.29, 0.717) is 6.04 Å². The molecule has 0 saturated carbocycles. The van der Waals surface area contributed by atoms with Crippen LogP contribution >= 0.6 is 0 Å². The highest BCUT2D eigenvalue weighted by Gasteiger charge is 2.14. The molecular formula is C15H22FNO2. The van der Waals surface area contributed by atoms with E-state index in [9.17, 15) is 9.18 Å². The molecule has 0 aromatic heterocycles. The van der Waals surface area contributed by atoms with Gasteiger partial charge < -0.3 is 10.1 Å². The van der Waals surface area contributed by atoms with E-state index in [1.54, 1.807) is 6.07 Å². The fourth-order valence-corrected chi connectivity index (χ4v) is 1.95. The Balaban J connectivity index is 2.80. The maximum Gasteiger partial charge on any atom is 0.340 e. The van der Waals surface area contributed by atoms with Crippen molar-refractivity contribution in [1.29, 1.82) is 0 Å². The zero-order valence-corrected chi connectivity index (χ0v) is 11.8. The van der Waals surface area contributed by atoms with Gasteiger partial charge in [0.1, 0.15) is 5.82 Å². The van der Waals surface area contributed by atoms with Gasteiger partial charge in [0.15, 0.2) is 0 Å². The molecule has 0 amide bonds. The number of methoxy groups -OCH3 is 1. The zero-order chi connectivity index (χ0) is 14.3. The second kappa shape index (κ2) is 7.77. The molecule has 1 atom stereocenters. The topological polar surface area (TPSA) is 38.3 Å². The van der Waals surface area contributed by atoms with Crippen molar-refractivity contribution in [1.82, 2.24) is 0 Å². The van der Waals surface area contributed by atoms with Crippen LogP contribution in [0.15, 0.2) is 18.2 Å². The van der Waals surface area contributed by atoms with Gasteiger partial charge in [-0.1, -0.05) is 26.7 Å². The van der Waals surface area contributed by atoms with Crippen LogP contribution < -0.4 is 5.32 Å². The molecule has 19 heavy (non-hydrogen) atoms. The van der Waals surface area contributed by atoms with E-state index in [1.165, 1.54) is 19.2 Å². The molecular weight excluding hydrogens is 245 g/mol. The number of esters is 1. The molecule has 0 radical (unpaired) electrons. The maximum absolute atomic E-state index is 13.5. The van der Waals surface area contributed by atoms with Crippen molar-refractivity contribution in [3.05, 3.63) is 29.6 Å². The first-order valence-electron chi connectivity index (χ1n) is 6.76. The van der Waals surface area contributed by atoms with Crippen LogP contribution in [0, 0.1) is 5.82 Å². The third-order valence-electron chi connectivity index (χ3n) is 3.14. The molecule has 0 aliphatic rings. The van der Waals surface area contributed by atoms with Crippen LogP contribution in [-0.2, 0) is 4.74 Å². The fourth-order valence-electron chi connectivity index (χ4n) is 1.95. The van der Waals surface area contributed by atoms with Crippen molar-refractivity contribution in [3.63, 3.8) is 0 Å². The number of carbonyl (C=O) groups is 1. The third kappa shape index (κ3) is 4.54. The summed E-state index contributed by atoms with van der Waals surface area (Å²) in [5, 5.41) is 3.34. The second-order valence-corrected chi connectivity index (χ2v) is 4.58. The largest absolute Gasteiger partial charge is 0.465 e. The van der Waals surface area contributed by atoms with Crippen LogP contribution in [0.2, 0.25) is 0 Å². The van der Waals surface area contributed by atoms with Gasteiger partial charge in [0.25, 0.3) is 0 Å². The summed E-state index contributed by atoms with van der Waals surface area (Å²) in [5.41, 5.74) is 0.725. The van der Waals surface area contributed by atoms with Crippen LogP contribution in [0.3, 0.4) is 0 Å². The van der Waals surface area contributed by atoms with Gasteiger partial charge >= 0.3 is 5.97 Å². The van der Waals surface area contributed by atoms with Crippen LogP contribution in [0.4, 0.5) is 10.1 Å². The molecule has 0 fully saturated rings. The summed E-state index contributed by atoms with van der Waals surface area (Å²) < 4.78 is 18.1. The summed E-state index contributed by atoms with van der Waals surface area (Å²) in [7, 11) is 1.25. The van der Waals surface area contributed by atoms with E-state index >= 15 is 0 Å². The van der Waals surface area contributed by atoms with Gasteiger partial charge in [-0.25, -0.2) is 9.18 Å². The summed E-state index contributed by atoms with van der Waals surface area (Å²) >= 11 is 0. The Morgan fingerprint density at radius 1 is 1.42 bits per heavy atom. The summed E-state index contributed by atoms with van der Waals surface area (Å²) in [6.45, 7) is 4.26. The van der Waals surface area contributed by atoms with Crippen molar-refractivity contribution >= 4 is 11.7 Å². The molecule has 1 N–H and O–H groups in total. The van der Waals surface area contributed by atoms with Crippen molar-refractivity contribution < 1.29 is 13.9 Å². The van der Waals surface area contributed by atoms with Gasteiger partial charge in [0, 0.05) is 11.7 Å². The van der Waals surface area contributed by atoms with E-state index in [2.05, 4.69) is 23.9 Å². The Bertz CT molecular complexity index is 421. The highest BCUT2D eigenvalue weighted by molar-refractivity contribution is 5.90. The molecule has 0 saturated heterocycles. The quantitative estimate of drug-likeness (QED) is 0.759. The molecule has 1 aromatic carbocycles. The number of hydrogen-bond acceptors (Lipinski definition) is 3. The standard InChI is InChI=1S/C15H22FNO2/c1-4-6-7-11(5-2)17-12-8-9-14(16)13(10-12)15(18)19-3/h8-11,17H,4-7H2,1-3H3. The molecule has 0 aliphatic carbocycles. The van der Waals surface area contributed by atoms with Crippen LogP contribution in [-0.4, -0.2) is 19.1 Å². The minimum Gasteiger partial charge on any atom is -0.465 e. The molecule has 3 nitrogen and oxygen atoms in total. The molecule has 1 rings (SSSR count). The number of unbranched alkanes of at least 4 members (excludes halogenated alkanes) is 1. The van der Waals surface area contributed by atoms with Crippen LogP contribution in [0.1, 0.15) is 49.9 Å². The molecule has 4 heteroatoms. The predicted octanol–water partition coefficient (Wildman–Crippen LogP) is 3.99.